The number of carbonyl (C=O) groups excluding carboxylic acids is 1. The van der Waals surface area contributed by atoms with Gasteiger partial charge in [-0.25, -0.2) is 9.97 Å². The molecule has 6 nitrogen and oxygen atoms in total. The maximum atomic E-state index is 12.6. The Balaban J connectivity index is 1.81. The second-order valence-corrected chi connectivity index (χ2v) is 6.37. The van der Waals surface area contributed by atoms with E-state index in [9.17, 15) is 4.79 Å². The highest BCUT2D eigenvalue weighted by Crippen LogP contribution is 2.23. The van der Waals surface area contributed by atoms with Gasteiger partial charge in [-0.1, -0.05) is 23.7 Å². The third-order valence-corrected chi connectivity index (χ3v) is 4.25. The number of benzene rings is 2. The minimum Gasteiger partial charge on any atom is -0.497 e. The number of nitrogens with one attached hydrogen (secondary N) is 2. The molecule has 2 aromatic carbocycles. The zero-order valence-electron chi connectivity index (χ0n) is 15.2. The van der Waals surface area contributed by atoms with E-state index in [-0.39, 0.29) is 11.6 Å². The number of aryl methyl sites for hydroxylation is 2. The van der Waals surface area contributed by atoms with Crippen LogP contribution in [0.25, 0.3) is 0 Å². The van der Waals surface area contributed by atoms with Crippen LogP contribution in [0.15, 0.2) is 48.5 Å². The van der Waals surface area contributed by atoms with Crippen molar-refractivity contribution in [2.45, 2.75) is 13.8 Å². The number of rotatable bonds is 5. The first-order valence-corrected chi connectivity index (χ1v) is 8.66. The summed E-state index contributed by atoms with van der Waals surface area (Å²) in [6.07, 6.45) is 0. The SMILES string of the molecule is COc1cccc(NC(=O)c2cc(Nc3ccc(C)c(Cl)c3)nc(C)n2)c1. The van der Waals surface area contributed by atoms with Gasteiger partial charge in [-0.2, -0.15) is 0 Å². The lowest BCUT2D eigenvalue weighted by Crippen LogP contribution is -2.15. The minimum atomic E-state index is -0.334. The molecule has 138 valence electrons. The molecule has 1 aromatic heterocycles. The third kappa shape index (κ3) is 4.74. The number of nitrogens with zero attached hydrogens (tertiary/aromatic N) is 2. The maximum absolute atomic E-state index is 12.6. The Morgan fingerprint density at radius 2 is 1.85 bits per heavy atom. The van der Waals surface area contributed by atoms with Crippen LogP contribution in [0.3, 0.4) is 0 Å². The predicted octanol–water partition coefficient (Wildman–Crippen LogP) is 4.75. The van der Waals surface area contributed by atoms with Gasteiger partial charge in [0.25, 0.3) is 5.91 Å². The lowest BCUT2D eigenvalue weighted by molar-refractivity contribution is 0.102. The highest BCUT2D eigenvalue weighted by molar-refractivity contribution is 6.31. The number of ether oxygens (including phenoxy) is 1. The monoisotopic (exact) mass is 382 g/mol. The van der Waals surface area contributed by atoms with Crippen molar-refractivity contribution >= 4 is 34.7 Å². The molecule has 1 amide bonds. The van der Waals surface area contributed by atoms with E-state index in [0.29, 0.717) is 28.1 Å². The van der Waals surface area contributed by atoms with Crippen molar-refractivity contribution < 1.29 is 9.53 Å². The van der Waals surface area contributed by atoms with Crippen molar-refractivity contribution in [3.63, 3.8) is 0 Å². The van der Waals surface area contributed by atoms with Gasteiger partial charge in [0.2, 0.25) is 0 Å². The largest absolute Gasteiger partial charge is 0.497 e. The number of halogens is 1. The summed E-state index contributed by atoms with van der Waals surface area (Å²) in [6, 6.07) is 14.3. The molecule has 7 heteroatoms. The molecule has 27 heavy (non-hydrogen) atoms. The smallest absolute Gasteiger partial charge is 0.274 e. The Morgan fingerprint density at radius 3 is 2.59 bits per heavy atom. The Morgan fingerprint density at radius 1 is 1.04 bits per heavy atom. The number of hydrogen-bond acceptors (Lipinski definition) is 5. The van der Waals surface area contributed by atoms with Crippen LogP contribution in [0.4, 0.5) is 17.2 Å². The quantitative estimate of drug-likeness (QED) is 0.665. The average molecular weight is 383 g/mol. The van der Waals surface area contributed by atoms with Crippen molar-refractivity contribution in [3.8, 4) is 5.75 Å². The lowest BCUT2D eigenvalue weighted by Gasteiger charge is -2.10. The van der Waals surface area contributed by atoms with Gasteiger partial charge in [0.15, 0.2) is 0 Å². The van der Waals surface area contributed by atoms with Gasteiger partial charge >= 0.3 is 0 Å². The van der Waals surface area contributed by atoms with E-state index in [1.165, 1.54) is 0 Å². The molecule has 1 heterocycles. The molecule has 0 radical (unpaired) electrons. The molecule has 0 aliphatic rings. The van der Waals surface area contributed by atoms with Crippen LogP contribution in [0.5, 0.6) is 5.75 Å². The Labute approximate surface area is 162 Å². The first-order chi connectivity index (χ1) is 12.9. The molecule has 3 aromatic rings. The van der Waals surface area contributed by atoms with Crippen molar-refractivity contribution in [2.24, 2.45) is 0 Å². The van der Waals surface area contributed by atoms with Gasteiger partial charge in [-0.3, -0.25) is 4.79 Å². The molecule has 0 aliphatic carbocycles. The fourth-order valence-electron chi connectivity index (χ4n) is 2.46. The van der Waals surface area contributed by atoms with Crippen LogP contribution < -0.4 is 15.4 Å². The fourth-order valence-corrected chi connectivity index (χ4v) is 2.64. The van der Waals surface area contributed by atoms with Gasteiger partial charge in [-0.05, 0) is 43.7 Å². The number of hydrogen-bond donors (Lipinski definition) is 2. The highest BCUT2D eigenvalue weighted by atomic mass is 35.5. The zero-order valence-corrected chi connectivity index (χ0v) is 16.0. The Bertz CT molecular complexity index is 991. The first-order valence-electron chi connectivity index (χ1n) is 8.29. The summed E-state index contributed by atoms with van der Waals surface area (Å²) in [5, 5.41) is 6.62. The van der Waals surface area contributed by atoms with Crippen LogP contribution in [0.1, 0.15) is 21.9 Å². The molecule has 0 spiro atoms. The summed E-state index contributed by atoms with van der Waals surface area (Å²) in [7, 11) is 1.57. The number of methoxy groups -OCH3 is 1. The number of anilines is 3. The number of carbonyl (C=O) groups is 1. The summed E-state index contributed by atoms with van der Waals surface area (Å²) >= 11 is 6.16. The van der Waals surface area contributed by atoms with Gasteiger partial charge in [0.1, 0.15) is 23.1 Å². The van der Waals surface area contributed by atoms with E-state index in [4.69, 9.17) is 16.3 Å². The Hall–Kier alpha value is -3.12. The molecular weight excluding hydrogens is 364 g/mol. The van der Waals surface area contributed by atoms with Gasteiger partial charge in [0.05, 0.1) is 7.11 Å². The van der Waals surface area contributed by atoms with Crippen LogP contribution in [-0.4, -0.2) is 23.0 Å². The van der Waals surface area contributed by atoms with Crippen LogP contribution >= 0.6 is 11.6 Å². The summed E-state index contributed by atoms with van der Waals surface area (Å²) < 4.78 is 5.17. The van der Waals surface area contributed by atoms with E-state index in [1.807, 2.05) is 25.1 Å². The van der Waals surface area contributed by atoms with E-state index >= 15 is 0 Å². The lowest BCUT2D eigenvalue weighted by atomic mass is 10.2. The fraction of sp³-hybridized carbons (Fsp3) is 0.150. The van der Waals surface area contributed by atoms with Crippen molar-refractivity contribution in [1.29, 1.82) is 0 Å². The van der Waals surface area contributed by atoms with Crippen LogP contribution in [-0.2, 0) is 0 Å². The number of amides is 1. The molecule has 0 saturated carbocycles. The molecule has 2 N–H and O–H groups in total. The molecule has 0 atom stereocenters. The van der Waals surface area contributed by atoms with E-state index in [1.54, 1.807) is 44.4 Å². The third-order valence-electron chi connectivity index (χ3n) is 3.84. The second-order valence-electron chi connectivity index (χ2n) is 5.96. The summed E-state index contributed by atoms with van der Waals surface area (Å²) in [6.45, 7) is 3.66. The van der Waals surface area contributed by atoms with Crippen molar-refractivity contribution in [1.82, 2.24) is 9.97 Å². The minimum absolute atomic E-state index is 0.256. The maximum Gasteiger partial charge on any atom is 0.274 e. The van der Waals surface area contributed by atoms with E-state index < -0.39 is 0 Å². The normalized spacial score (nSPS) is 10.4. The summed E-state index contributed by atoms with van der Waals surface area (Å²) in [5.41, 5.74) is 2.64. The molecule has 0 unspecified atom stereocenters. The molecule has 0 fully saturated rings. The van der Waals surface area contributed by atoms with E-state index in [2.05, 4.69) is 20.6 Å². The molecule has 0 bridgehead atoms. The van der Waals surface area contributed by atoms with Gasteiger partial charge in [0, 0.05) is 28.5 Å². The van der Waals surface area contributed by atoms with Gasteiger partial charge in [-0.15, -0.1) is 0 Å². The molecule has 0 aliphatic heterocycles. The second kappa shape index (κ2) is 8.05. The predicted molar refractivity (Wildman–Crippen MR) is 107 cm³/mol. The zero-order chi connectivity index (χ0) is 19.4. The van der Waals surface area contributed by atoms with Crippen molar-refractivity contribution in [2.75, 3.05) is 17.7 Å². The summed E-state index contributed by atoms with van der Waals surface area (Å²) in [5.74, 6) is 1.32. The van der Waals surface area contributed by atoms with Crippen molar-refractivity contribution in [3.05, 3.63) is 70.6 Å². The Kier molecular flexibility index (Phi) is 5.57. The molecule has 3 rings (SSSR count). The van der Waals surface area contributed by atoms with Gasteiger partial charge < -0.3 is 15.4 Å². The molecular formula is C20H19ClN4O2. The van der Waals surface area contributed by atoms with Crippen LogP contribution in [0.2, 0.25) is 5.02 Å². The molecule has 0 saturated heterocycles. The average Bonchev–Trinajstić information content (AvgIpc) is 2.64. The first kappa shape index (κ1) is 18.7. The highest BCUT2D eigenvalue weighted by Gasteiger charge is 2.12. The number of aromatic nitrogens is 2. The van der Waals surface area contributed by atoms with E-state index in [0.717, 1.165) is 11.3 Å². The summed E-state index contributed by atoms with van der Waals surface area (Å²) in [4.78, 5) is 21.1. The van der Waals surface area contributed by atoms with Crippen LogP contribution in [0, 0.1) is 13.8 Å². The topological polar surface area (TPSA) is 76.1 Å². The standard InChI is InChI=1S/C20H19ClN4O2/c1-12-7-8-15(10-17(12)21)24-19-11-18(22-13(2)23-19)20(26)25-14-5-4-6-16(9-14)27-3/h4-11H,1-3H3,(H,25,26)(H,22,23,24).